The number of fused-ring (bicyclic) bond motifs is 1. The summed E-state index contributed by atoms with van der Waals surface area (Å²) >= 11 is 0. The summed E-state index contributed by atoms with van der Waals surface area (Å²) in [5, 5.41) is 3.58. The number of ether oxygens (including phenoxy) is 1. The van der Waals surface area contributed by atoms with Crippen LogP contribution in [0.5, 0.6) is 5.75 Å². The van der Waals surface area contributed by atoms with Crippen molar-refractivity contribution in [3.05, 3.63) is 23.8 Å². The van der Waals surface area contributed by atoms with Gasteiger partial charge in [-0.1, -0.05) is 6.07 Å². The van der Waals surface area contributed by atoms with Gasteiger partial charge in [-0.15, -0.1) is 0 Å². The second kappa shape index (κ2) is 4.63. The number of hydrazine groups is 1. The molecule has 1 aromatic rings. The van der Waals surface area contributed by atoms with Crippen LogP contribution in [0.1, 0.15) is 11.6 Å². The molecule has 1 aromatic carbocycles. The Labute approximate surface area is 104 Å². The molecule has 7 nitrogen and oxygen atoms in total. The van der Waals surface area contributed by atoms with Gasteiger partial charge in [0.25, 0.3) is 11.8 Å². The van der Waals surface area contributed by atoms with Crippen molar-refractivity contribution in [3.63, 3.8) is 0 Å². The lowest BCUT2D eigenvalue weighted by Crippen LogP contribution is -2.40. The number of rotatable bonds is 2. The lowest BCUT2D eigenvalue weighted by Gasteiger charge is -2.21. The molecule has 7 heteroatoms. The van der Waals surface area contributed by atoms with Crippen LogP contribution in [-0.2, 0) is 9.59 Å². The van der Waals surface area contributed by atoms with Crippen molar-refractivity contribution >= 4 is 17.5 Å². The number of amides is 2. The summed E-state index contributed by atoms with van der Waals surface area (Å²) in [6.45, 7) is -0.0110. The van der Waals surface area contributed by atoms with E-state index in [1.807, 2.05) is 0 Å². The predicted octanol–water partition coefficient (Wildman–Crippen LogP) is -0.651. The second-order valence-electron chi connectivity index (χ2n) is 4.02. The molecule has 0 saturated heterocycles. The monoisotopic (exact) mass is 250 g/mol. The van der Waals surface area contributed by atoms with Crippen LogP contribution in [0, 0.1) is 0 Å². The molecular weight excluding hydrogens is 236 g/mol. The molecule has 18 heavy (non-hydrogen) atoms. The molecule has 1 unspecified atom stereocenters. The van der Waals surface area contributed by atoms with Crippen molar-refractivity contribution in [1.29, 1.82) is 0 Å². The first-order valence-corrected chi connectivity index (χ1v) is 5.33. The Bertz CT molecular complexity index is 501. The molecule has 96 valence electrons. The van der Waals surface area contributed by atoms with Gasteiger partial charge in [-0.3, -0.25) is 14.6 Å². The van der Waals surface area contributed by atoms with Gasteiger partial charge in [-0.2, -0.15) is 0 Å². The van der Waals surface area contributed by atoms with Crippen molar-refractivity contribution in [2.75, 3.05) is 19.0 Å². The second-order valence-corrected chi connectivity index (χ2v) is 4.02. The van der Waals surface area contributed by atoms with E-state index in [9.17, 15) is 9.59 Å². The zero-order valence-electron chi connectivity index (χ0n) is 9.84. The Morgan fingerprint density at radius 1 is 1.56 bits per heavy atom. The van der Waals surface area contributed by atoms with Gasteiger partial charge in [0.15, 0.2) is 6.61 Å². The van der Waals surface area contributed by atoms with E-state index in [1.54, 1.807) is 18.2 Å². The third-order valence-corrected chi connectivity index (χ3v) is 2.61. The summed E-state index contributed by atoms with van der Waals surface area (Å²) < 4.78 is 5.21. The third-order valence-electron chi connectivity index (χ3n) is 2.61. The van der Waals surface area contributed by atoms with Crippen molar-refractivity contribution in [1.82, 2.24) is 5.01 Å². The van der Waals surface area contributed by atoms with Gasteiger partial charge in [0.05, 0.1) is 5.69 Å². The Hall–Kier alpha value is -2.12. The molecule has 0 aliphatic carbocycles. The molecule has 0 spiro atoms. The molecule has 0 aromatic heterocycles. The largest absolute Gasteiger partial charge is 0.482 e. The maximum atomic E-state index is 11.6. The normalized spacial score (nSPS) is 15.2. The van der Waals surface area contributed by atoms with E-state index >= 15 is 0 Å². The number of carbonyl (C=O) groups is 2. The minimum atomic E-state index is -0.871. The third kappa shape index (κ3) is 2.27. The van der Waals surface area contributed by atoms with Gasteiger partial charge in [0.1, 0.15) is 11.8 Å². The van der Waals surface area contributed by atoms with Crippen LogP contribution in [0.4, 0.5) is 5.69 Å². The Morgan fingerprint density at radius 3 is 2.94 bits per heavy atom. The van der Waals surface area contributed by atoms with E-state index in [0.29, 0.717) is 17.0 Å². The van der Waals surface area contributed by atoms with E-state index in [-0.39, 0.29) is 12.5 Å². The van der Waals surface area contributed by atoms with Gasteiger partial charge >= 0.3 is 0 Å². The zero-order chi connectivity index (χ0) is 13.3. The molecule has 1 atom stereocenters. The molecule has 0 fully saturated rings. The van der Waals surface area contributed by atoms with E-state index in [4.69, 9.17) is 16.3 Å². The number of anilines is 1. The lowest BCUT2D eigenvalue weighted by atomic mass is 10.1. The number of hydrogen-bond acceptors (Lipinski definition) is 5. The van der Waals surface area contributed by atoms with Crippen LogP contribution in [0.2, 0.25) is 0 Å². The summed E-state index contributed by atoms with van der Waals surface area (Å²) in [6, 6.07) is 4.07. The van der Waals surface area contributed by atoms with E-state index in [1.165, 1.54) is 7.05 Å². The number of hydrogen-bond donors (Lipinski definition) is 3. The standard InChI is InChI=1S/C11H14N4O3/c1-15(13)11(17)10(12)6-2-3-8-7(4-6)14-9(16)5-18-8/h2-4,10H,5,12-13H2,1H3,(H,14,16). The number of nitrogens with one attached hydrogen (secondary N) is 1. The number of benzene rings is 1. The molecule has 0 bridgehead atoms. The molecule has 5 N–H and O–H groups in total. The Morgan fingerprint density at radius 2 is 2.28 bits per heavy atom. The van der Waals surface area contributed by atoms with Crippen molar-refractivity contribution < 1.29 is 14.3 Å². The SMILES string of the molecule is CN(N)C(=O)C(N)c1ccc2c(c1)NC(=O)CO2. The van der Waals surface area contributed by atoms with Gasteiger partial charge in [-0.25, -0.2) is 5.84 Å². The number of likely N-dealkylation sites (N-methyl/N-ethyl adjacent to an activating group) is 1. The van der Waals surface area contributed by atoms with Crippen LogP contribution >= 0.6 is 0 Å². The zero-order valence-corrected chi connectivity index (χ0v) is 9.84. The van der Waals surface area contributed by atoms with Gasteiger partial charge < -0.3 is 15.8 Å². The van der Waals surface area contributed by atoms with Crippen LogP contribution < -0.4 is 21.6 Å². The Balaban J connectivity index is 2.28. The Kier molecular flexibility index (Phi) is 3.17. The fraction of sp³-hybridized carbons (Fsp3) is 0.273. The summed E-state index contributed by atoms with van der Waals surface area (Å²) in [6.07, 6.45) is 0. The highest BCUT2D eigenvalue weighted by Gasteiger charge is 2.22. The molecule has 2 rings (SSSR count). The molecule has 1 heterocycles. The smallest absolute Gasteiger partial charge is 0.262 e. The van der Waals surface area contributed by atoms with Crippen LogP contribution in [0.3, 0.4) is 0 Å². The van der Waals surface area contributed by atoms with Crippen LogP contribution in [0.15, 0.2) is 18.2 Å². The van der Waals surface area contributed by atoms with Crippen LogP contribution in [0.25, 0.3) is 0 Å². The van der Waals surface area contributed by atoms with Crippen molar-refractivity contribution in [2.24, 2.45) is 11.6 Å². The molecule has 1 aliphatic heterocycles. The van der Waals surface area contributed by atoms with E-state index in [2.05, 4.69) is 5.32 Å². The van der Waals surface area contributed by atoms with Gasteiger partial charge in [0.2, 0.25) is 0 Å². The molecular formula is C11H14N4O3. The maximum absolute atomic E-state index is 11.6. The average molecular weight is 250 g/mol. The van der Waals surface area contributed by atoms with E-state index < -0.39 is 11.9 Å². The fourth-order valence-corrected chi connectivity index (χ4v) is 1.66. The minimum Gasteiger partial charge on any atom is -0.482 e. The highest BCUT2D eigenvalue weighted by Crippen LogP contribution is 2.30. The fourth-order valence-electron chi connectivity index (χ4n) is 1.66. The summed E-state index contributed by atoms with van der Waals surface area (Å²) in [5.41, 5.74) is 6.85. The minimum absolute atomic E-state index is 0.0110. The predicted molar refractivity (Wildman–Crippen MR) is 64.5 cm³/mol. The van der Waals surface area contributed by atoms with Gasteiger partial charge in [0, 0.05) is 7.05 Å². The number of nitrogens with zero attached hydrogens (tertiary/aromatic N) is 1. The first-order chi connectivity index (χ1) is 8.49. The summed E-state index contributed by atoms with van der Waals surface area (Å²) in [5.74, 6) is 5.24. The van der Waals surface area contributed by atoms with Crippen molar-refractivity contribution in [2.45, 2.75) is 6.04 Å². The molecule has 1 aliphatic rings. The first kappa shape index (κ1) is 12.3. The molecule has 0 radical (unpaired) electrons. The highest BCUT2D eigenvalue weighted by atomic mass is 16.5. The number of carbonyl (C=O) groups excluding carboxylic acids is 2. The van der Waals surface area contributed by atoms with Crippen LogP contribution in [-0.4, -0.2) is 30.5 Å². The van der Waals surface area contributed by atoms with E-state index in [0.717, 1.165) is 5.01 Å². The highest BCUT2D eigenvalue weighted by molar-refractivity contribution is 5.95. The number of nitrogens with two attached hydrogens (primary N) is 2. The summed E-state index contributed by atoms with van der Waals surface area (Å²) in [4.78, 5) is 22.8. The van der Waals surface area contributed by atoms with Gasteiger partial charge in [-0.05, 0) is 17.7 Å². The maximum Gasteiger partial charge on any atom is 0.262 e. The lowest BCUT2D eigenvalue weighted by molar-refractivity contribution is -0.131. The first-order valence-electron chi connectivity index (χ1n) is 5.33. The molecule has 0 saturated carbocycles. The quantitative estimate of drug-likeness (QED) is 0.367. The average Bonchev–Trinajstić information content (AvgIpc) is 2.35. The topological polar surface area (TPSA) is 111 Å². The van der Waals surface area contributed by atoms with Crippen molar-refractivity contribution in [3.8, 4) is 5.75 Å². The molecule has 2 amide bonds. The summed E-state index contributed by atoms with van der Waals surface area (Å²) in [7, 11) is 1.42.